The SMILES string of the molecule is C=C(c1ccc(OCCOc2ccc(C(=C)C3COC4(CCCCC4)OO3)cc2)cc1)C1COC2(CCCCC2)OO1. The van der Waals surface area contributed by atoms with Crippen molar-refractivity contribution >= 4 is 11.1 Å². The Balaban J connectivity index is 0.903. The Labute approximate surface area is 248 Å². The molecule has 2 saturated heterocycles. The van der Waals surface area contributed by atoms with Crippen LogP contribution in [0.15, 0.2) is 61.7 Å². The fraction of sp³-hybridized carbons (Fsp3) is 0.529. The maximum Gasteiger partial charge on any atom is 0.201 e. The highest BCUT2D eigenvalue weighted by atomic mass is 17.2. The van der Waals surface area contributed by atoms with Gasteiger partial charge in [0, 0.05) is 25.7 Å². The molecular weight excluding hydrogens is 536 g/mol. The molecule has 0 bridgehead atoms. The van der Waals surface area contributed by atoms with Crippen molar-refractivity contribution in [3.8, 4) is 11.5 Å². The van der Waals surface area contributed by atoms with Gasteiger partial charge in [0.2, 0.25) is 11.6 Å². The van der Waals surface area contributed by atoms with E-state index in [2.05, 4.69) is 13.2 Å². The molecule has 0 amide bonds. The van der Waals surface area contributed by atoms with E-state index in [0.29, 0.717) is 26.4 Å². The predicted molar refractivity (Wildman–Crippen MR) is 157 cm³/mol. The molecule has 2 saturated carbocycles. The van der Waals surface area contributed by atoms with Gasteiger partial charge in [0.15, 0.2) is 0 Å². The van der Waals surface area contributed by atoms with Gasteiger partial charge in [-0.05, 0) is 72.2 Å². The zero-order chi connectivity index (χ0) is 28.8. The molecule has 0 aromatic heterocycles. The van der Waals surface area contributed by atoms with E-state index in [4.69, 9.17) is 38.5 Å². The molecule has 4 aliphatic rings. The molecule has 2 aromatic carbocycles. The van der Waals surface area contributed by atoms with Crippen molar-refractivity contribution in [1.82, 2.24) is 0 Å². The second-order valence-electron chi connectivity index (χ2n) is 11.7. The smallest absolute Gasteiger partial charge is 0.201 e. The number of rotatable bonds is 9. The third kappa shape index (κ3) is 6.91. The van der Waals surface area contributed by atoms with E-state index in [0.717, 1.165) is 85.1 Å². The molecule has 2 unspecified atom stereocenters. The summed E-state index contributed by atoms with van der Waals surface area (Å²) in [5.41, 5.74) is 3.57. The van der Waals surface area contributed by atoms with Crippen molar-refractivity contribution in [2.45, 2.75) is 88.0 Å². The van der Waals surface area contributed by atoms with Gasteiger partial charge in [-0.25, -0.2) is 19.6 Å². The minimum atomic E-state index is -0.571. The van der Waals surface area contributed by atoms with Gasteiger partial charge >= 0.3 is 0 Å². The highest BCUT2D eigenvalue weighted by Gasteiger charge is 2.42. The Morgan fingerprint density at radius 3 is 1.31 bits per heavy atom. The molecule has 8 nitrogen and oxygen atoms in total. The first-order valence-electron chi connectivity index (χ1n) is 15.3. The summed E-state index contributed by atoms with van der Waals surface area (Å²) in [7, 11) is 0. The van der Waals surface area contributed by atoms with E-state index in [1.54, 1.807) is 0 Å². The molecule has 2 spiro atoms. The summed E-state index contributed by atoms with van der Waals surface area (Å²) in [6.45, 7) is 10.1. The molecule has 8 heteroatoms. The van der Waals surface area contributed by atoms with Crippen LogP contribution in [0.3, 0.4) is 0 Å². The molecule has 2 aromatic rings. The third-order valence-corrected chi connectivity index (χ3v) is 8.71. The molecule has 2 atom stereocenters. The fourth-order valence-electron chi connectivity index (χ4n) is 6.03. The van der Waals surface area contributed by atoms with Crippen LogP contribution < -0.4 is 9.47 Å². The van der Waals surface area contributed by atoms with Crippen LogP contribution in [-0.4, -0.2) is 50.2 Å². The summed E-state index contributed by atoms with van der Waals surface area (Å²) in [6, 6.07) is 15.6. The standard InChI is InChI=1S/C34H42O8/c1-25(31-23-37-33(41-39-31)17-5-3-6-18-33)27-9-13-29(14-10-27)35-21-22-36-30-15-11-28(12-16-30)26(2)32-24-38-34(42-40-32)19-7-4-8-20-34/h9-16,31-32H,1-8,17-24H2. The lowest BCUT2D eigenvalue weighted by atomic mass is 9.94. The largest absolute Gasteiger partial charge is 0.490 e. The van der Waals surface area contributed by atoms with E-state index in [1.165, 1.54) is 12.8 Å². The molecule has 2 aliphatic heterocycles. The average molecular weight is 579 g/mol. The van der Waals surface area contributed by atoms with Gasteiger partial charge in [-0.1, -0.05) is 50.3 Å². The predicted octanol–water partition coefficient (Wildman–Crippen LogP) is 7.19. The van der Waals surface area contributed by atoms with E-state index in [1.807, 2.05) is 48.5 Å². The Kier molecular flexibility index (Phi) is 9.29. The van der Waals surface area contributed by atoms with Crippen LogP contribution in [0.25, 0.3) is 11.1 Å². The average Bonchev–Trinajstić information content (AvgIpc) is 3.05. The molecule has 6 rings (SSSR count). The van der Waals surface area contributed by atoms with Crippen molar-refractivity contribution < 1.29 is 38.5 Å². The molecule has 0 N–H and O–H groups in total. The lowest BCUT2D eigenvalue weighted by Crippen LogP contribution is -2.46. The first kappa shape index (κ1) is 29.4. The molecule has 4 fully saturated rings. The number of hydrogen-bond donors (Lipinski definition) is 0. The summed E-state index contributed by atoms with van der Waals surface area (Å²) in [5, 5.41) is 0. The highest BCUT2D eigenvalue weighted by Crippen LogP contribution is 2.39. The lowest BCUT2D eigenvalue weighted by Gasteiger charge is -2.41. The Hall–Kier alpha value is -2.72. The van der Waals surface area contributed by atoms with Gasteiger partial charge in [0.25, 0.3) is 0 Å². The van der Waals surface area contributed by atoms with Gasteiger partial charge < -0.3 is 18.9 Å². The maximum absolute atomic E-state index is 6.09. The van der Waals surface area contributed by atoms with Gasteiger partial charge in [-0.15, -0.1) is 0 Å². The minimum absolute atomic E-state index is 0.327. The maximum atomic E-state index is 6.09. The third-order valence-electron chi connectivity index (χ3n) is 8.71. The Bertz CT molecular complexity index is 1080. The van der Waals surface area contributed by atoms with Crippen LogP contribution in [-0.2, 0) is 29.0 Å². The highest BCUT2D eigenvalue weighted by molar-refractivity contribution is 5.68. The second-order valence-corrected chi connectivity index (χ2v) is 11.7. The van der Waals surface area contributed by atoms with Crippen LogP contribution in [0.5, 0.6) is 11.5 Å². The summed E-state index contributed by atoms with van der Waals surface area (Å²) in [5.74, 6) is 0.371. The van der Waals surface area contributed by atoms with Gasteiger partial charge in [0.05, 0.1) is 13.2 Å². The molecule has 2 heterocycles. The van der Waals surface area contributed by atoms with E-state index in [9.17, 15) is 0 Å². The van der Waals surface area contributed by atoms with Crippen LogP contribution >= 0.6 is 0 Å². The van der Waals surface area contributed by atoms with Gasteiger partial charge in [0.1, 0.15) is 36.9 Å². The van der Waals surface area contributed by atoms with Crippen LogP contribution in [0, 0.1) is 0 Å². The van der Waals surface area contributed by atoms with Gasteiger partial charge in [-0.2, -0.15) is 0 Å². The quantitative estimate of drug-likeness (QED) is 0.229. The minimum Gasteiger partial charge on any atom is -0.490 e. The van der Waals surface area contributed by atoms with E-state index in [-0.39, 0.29) is 12.2 Å². The number of hydrogen-bond acceptors (Lipinski definition) is 8. The molecule has 42 heavy (non-hydrogen) atoms. The van der Waals surface area contributed by atoms with Crippen molar-refractivity contribution in [2.24, 2.45) is 0 Å². The lowest BCUT2D eigenvalue weighted by molar-refractivity contribution is -0.483. The topological polar surface area (TPSA) is 73.8 Å². The zero-order valence-corrected chi connectivity index (χ0v) is 24.4. The van der Waals surface area contributed by atoms with Crippen LogP contribution in [0.2, 0.25) is 0 Å². The number of benzene rings is 2. The molecular formula is C34H42O8. The zero-order valence-electron chi connectivity index (χ0n) is 24.4. The summed E-state index contributed by atoms with van der Waals surface area (Å²) in [4.78, 5) is 22.9. The number of ether oxygens (including phenoxy) is 4. The molecule has 0 radical (unpaired) electrons. The summed E-state index contributed by atoms with van der Waals surface area (Å²) >= 11 is 0. The molecule has 226 valence electrons. The van der Waals surface area contributed by atoms with Crippen molar-refractivity contribution in [2.75, 3.05) is 26.4 Å². The van der Waals surface area contributed by atoms with Crippen molar-refractivity contribution in [3.63, 3.8) is 0 Å². The van der Waals surface area contributed by atoms with Crippen LogP contribution in [0.1, 0.15) is 75.3 Å². The monoisotopic (exact) mass is 578 g/mol. The second kappa shape index (κ2) is 13.3. The first-order chi connectivity index (χ1) is 20.5. The van der Waals surface area contributed by atoms with E-state index < -0.39 is 11.6 Å². The van der Waals surface area contributed by atoms with Crippen molar-refractivity contribution in [3.05, 3.63) is 72.8 Å². The Morgan fingerprint density at radius 2 is 0.976 bits per heavy atom. The normalized spacial score (nSPS) is 25.1. The van der Waals surface area contributed by atoms with Crippen LogP contribution in [0.4, 0.5) is 0 Å². The van der Waals surface area contributed by atoms with Gasteiger partial charge in [-0.3, -0.25) is 0 Å². The summed E-state index contributed by atoms with van der Waals surface area (Å²) < 4.78 is 23.9. The first-order valence-corrected chi connectivity index (χ1v) is 15.3. The Morgan fingerprint density at radius 1 is 0.595 bits per heavy atom. The van der Waals surface area contributed by atoms with E-state index >= 15 is 0 Å². The fourth-order valence-corrected chi connectivity index (χ4v) is 6.03. The van der Waals surface area contributed by atoms with Crippen molar-refractivity contribution in [1.29, 1.82) is 0 Å². The summed E-state index contributed by atoms with van der Waals surface area (Å²) in [6.07, 6.45) is 9.72. The molecule has 2 aliphatic carbocycles.